The zero-order chi connectivity index (χ0) is 14.8. The Balaban J connectivity index is 2.42. The van der Waals surface area contributed by atoms with E-state index in [9.17, 15) is 13.2 Å². The summed E-state index contributed by atoms with van der Waals surface area (Å²) in [7, 11) is 0. The maximum Gasteiger partial charge on any atom is 0.433 e. The summed E-state index contributed by atoms with van der Waals surface area (Å²) in [6.45, 7) is 3.92. The summed E-state index contributed by atoms with van der Waals surface area (Å²) >= 11 is 0. The minimum Gasteiger partial charge on any atom is -0.350 e. The summed E-state index contributed by atoms with van der Waals surface area (Å²) < 4.78 is 38.3. The number of nitrogens with zero attached hydrogens (tertiary/aromatic N) is 3. The van der Waals surface area contributed by atoms with Crippen molar-refractivity contribution in [2.24, 2.45) is 0 Å². The fraction of sp³-hybridized carbons (Fsp3) is 0.538. The first kappa shape index (κ1) is 14.6. The molecule has 1 N–H and O–H groups in total. The van der Waals surface area contributed by atoms with Crippen LogP contribution in [0.25, 0.3) is 0 Å². The zero-order valence-electron chi connectivity index (χ0n) is 11.0. The van der Waals surface area contributed by atoms with Crippen LogP contribution in [0.3, 0.4) is 0 Å². The highest BCUT2D eigenvalue weighted by Crippen LogP contribution is 2.31. The fourth-order valence-corrected chi connectivity index (χ4v) is 2.11. The van der Waals surface area contributed by atoms with Gasteiger partial charge in [0, 0.05) is 19.6 Å². The third-order valence-corrected chi connectivity index (χ3v) is 3.22. The van der Waals surface area contributed by atoms with Crippen molar-refractivity contribution in [2.45, 2.75) is 25.6 Å². The molecular weight excluding hydrogens is 269 g/mol. The van der Waals surface area contributed by atoms with E-state index in [-0.39, 0.29) is 17.4 Å². The van der Waals surface area contributed by atoms with Gasteiger partial charge in [0.1, 0.15) is 17.6 Å². The molecule has 0 unspecified atom stereocenters. The minimum atomic E-state index is -4.50. The number of anilines is 1. The van der Waals surface area contributed by atoms with Gasteiger partial charge in [-0.3, -0.25) is 0 Å². The predicted octanol–water partition coefficient (Wildman–Crippen LogP) is 2.16. The number of nitrogens with one attached hydrogen (secondary N) is 1. The molecule has 0 bridgehead atoms. The van der Waals surface area contributed by atoms with Crippen molar-refractivity contribution in [3.05, 3.63) is 23.4 Å². The second kappa shape index (κ2) is 5.67. The van der Waals surface area contributed by atoms with Crippen LogP contribution in [0.4, 0.5) is 19.0 Å². The molecule has 4 nitrogen and oxygen atoms in total. The van der Waals surface area contributed by atoms with Gasteiger partial charge in [-0.2, -0.15) is 18.4 Å². The van der Waals surface area contributed by atoms with Crippen LogP contribution in [0, 0.1) is 11.3 Å². The molecule has 20 heavy (non-hydrogen) atoms. The van der Waals surface area contributed by atoms with Crippen LogP contribution in [-0.4, -0.2) is 30.7 Å². The normalized spacial score (nSPS) is 15.6. The lowest BCUT2D eigenvalue weighted by atomic mass is 10.1. The minimum absolute atomic E-state index is 0.0954. The lowest BCUT2D eigenvalue weighted by molar-refractivity contribution is -0.141. The van der Waals surface area contributed by atoms with Crippen LogP contribution >= 0.6 is 0 Å². The summed E-state index contributed by atoms with van der Waals surface area (Å²) in [6, 6.07) is 4.07. The molecule has 0 spiro atoms. The zero-order valence-corrected chi connectivity index (χ0v) is 11.0. The Kier molecular flexibility index (Phi) is 4.14. The summed E-state index contributed by atoms with van der Waals surface area (Å²) in [5.74, 6) is 0.135. The predicted molar refractivity (Wildman–Crippen MR) is 68.2 cm³/mol. The van der Waals surface area contributed by atoms with E-state index in [1.54, 1.807) is 4.90 Å². The van der Waals surface area contributed by atoms with E-state index in [0.717, 1.165) is 12.5 Å². The van der Waals surface area contributed by atoms with Gasteiger partial charge in [0.2, 0.25) is 0 Å². The van der Waals surface area contributed by atoms with Crippen molar-refractivity contribution in [1.29, 1.82) is 5.26 Å². The SMILES string of the molecule is CCCN(c1nc(C(F)(F)F)ccc1C#N)C1CNC1. The van der Waals surface area contributed by atoms with Gasteiger partial charge in [-0.15, -0.1) is 0 Å². The first-order chi connectivity index (χ1) is 9.47. The second-order valence-electron chi connectivity index (χ2n) is 4.68. The highest BCUT2D eigenvalue weighted by Gasteiger charge is 2.35. The van der Waals surface area contributed by atoms with Crippen LogP contribution < -0.4 is 10.2 Å². The number of halogens is 3. The molecule has 1 aliphatic rings. The molecule has 1 aromatic heterocycles. The number of hydrogen-bond acceptors (Lipinski definition) is 4. The Hall–Kier alpha value is -1.81. The smallest absolute Gasteiger partial charge is 0.350 e. The molecule has 1 fully saturated rings. The Morgan fingerprint density at radius 1 is 1.45 bits per heavy atom. The number of rotatable bonds is 4. The van der Waals surface area contributed by atoms with Crippen molar-refractivity contribution in [3.63, 3.8) is 0 Å². The highest BCUT2D eigenvalue weighted by atomic mass is 19.4. The van der Waals surface area contributed by atoms with Crippen LogP contribution in [0.2, 0.25) is 0 Å². The molecule has 0 atom stereocenters. The molecule has 0 radical (unpaired) electrons. The second-order valence-corrected chi connectivity index (χ2v) is 4.68. The maximum atomic E-state index is 12.8. The van der Waals surface area contributed by atoms with E-state index in [0.29, 0.717) is 19.6 Å². The maximum absolute atomic E-state index is 12.8. The Morgan fingerprint density at radius 3 is 2.60 bits per heavy atom. The molecule has 1 aliphatic heterocycles. The number of alkyl halides is 3. The van der Waals surface area contributed by atoms with Crippen molar-refractivity contribution < 1.29 is 13.2 Å². The molecule has 0 aliphatic carbocycles. The lowest BCUT2D eigenvalue weighted by Gasteiger charge is -2.39. The molecule has 0 aromatic carbocycles. The van der Waals surface area contributed by atoms with Gasteiger partial charge in [-0.05, 0) is 18.6 Å². The van der Waals surface area contributed by atoms with Gasteiger partial charge < -0.3 is 10.2 Å². The van der Waals surface area contributed by atoms with Gasteiger partial charge in [0.05, 0.1) is 11.6 Å². The van der Waals surface area contributed by atoms with Gasteiger partial charge in [-0.25, -0.2) is 4.98 Å². The van der Waals surface area contributed by atoms with E-state index in [1.807, 2.05) is 13.0 Å². The van der Waals surface area contributed by atoms with Crippen LogP contribution in [0.1, 0.15) is 24.6 Å². The lowest BCUT2D eigenvalue weighted by Crippen LogP contribution is -2.58. The average Bonchev–Trinajstić information content (AvgIpc) is 2.34. The summed E-state index contributed by atoms with van der Waals surface area (Å²) in [5.41, 5.74) is -0.779. The Bertz CT molecular complexity index is 517. The summed E-state index contributed by atoms with van der Waals surface area (Å²) in [6.07, 6.45) is -3.72. The van der Waals surface area contributed by atoms with E-state index < -0.39 is 11.9 Å². The van der Waals surface area contributed by atoms with Gasteiger partial charge in [0.25, 0.3) is 0 Å². The summed E-state index contributed by atoms with van der Waals surface area (Å²) in [4.78, 5) is 5.48. The molecular formula is C13H15F3N4. The highest BCUT2D eigenvalue weighted by molar-refractivity contribution is 5.55. The molecule has 2 heterocycles. The fourth-order valence-electron chi connectivity index (χ4n) is 2.11. The van der Waals surface area contributed by atoms with Crippen LogP contribution in [0.5, 0.6) is 0 Å². The largest absolute Gasteiger partial charge is 0.433 e. The summed E-state index contributed by atoms with van der Waals surface area (Å²) in [5, 5.41) is 12.2. The van der Waals surface area contributed by atoms with Crippen LogP contribution in [-0.2, 0) is 6.18 Å². The van der Waals surface area contributed by atoms with Gasteiger partial charge in [-0.1, -0.05) is 6.92 Å². The van der Waals surface area contributed by atoms with Crippen molar-refractivity contribution in [2.75, 3.05) is 24.5 Å². The monoisotopic (exact) mass is 284 g/mol. The number of hydrogen-bond donors (Lipinski definition) is 1. The molecule has 2 rings (SSSR count). The van der Waals surface area contributed by atoms with E-state index in [2.05, 4.69) is 10.3 Å². The standard InChI is InChI=1S/C13H15F3N4/c1-2-5-20(10-7-18-8-10)12-9(6-17)3-4-11(19-12)13(14,15)16/h3-4,10,18H,2,5,7-8H2,1H3. The molecule has 0 amide bonds. The van der Waals surface area contributed by atoms with E-state index >= 15 is 0 Å². The molecule has 1 aromatic rings. The third-order valence-electron chi connectivity index (χ3n) is 3.22. The van der Waals surface area contributed by atoms with Crippen molar-refractivity contribution in [1.82, 2.24) is 10.3 Å². The van der Waals surface area contributed by atoms with Crippen molar-refractivity contribution in [3.8, 4) is 6.07 Å². The Labute approximate surface area is 115 Å². The first-order valence-electron chi connectivity index (χ1n) is 6.43. The molecule has 1 saturated heterocycles. The van der Waals surface area contributed by atoms with E-state index in [1.165, 1.54) is 6.07 Å². The van der Waals surface area contributed by atoms with Gasteiger partial charge in [0.15, 0.2) is 0 Å². The molecule has 0 saturated carbocycles. The third kappa shape index (κ3) is 2.85. The van der Waals surface area contributed by atoms with Gasteiger partial charge >= 0.3 is 6.18 Å². The number of nitriles is 1. The molecule has 7 heteroatoms. The number of pyridine rings is 1. The molecule has 108 valence electrons. The van der Waals surface area contributed by atoms with Crippen LogP contribution in [0.15, 0.2) is 12.1 Å². The van der Waals surface area contributed by atoms with E-state index in [4.69, 9.17) is 5.26 Å². The average molecular weight is 284 g/mol. The Morgan fingerprint density at radius 2 is 2.15 bits per heavy atom. The topological polar surface area (TPSA) is 52.0 Å². The first-order valence-corrected chi connectivity index (χ1v) is 6.43. The number of aromatic nitrogens is 1. The van der Waals surface area contributed by atoms with Crippen molar-refractivity contribution >= 4 is 5.82 Å². The quantitative estimate of drug-likeness (QED) is 0.920.